The van der Waals surface area contributed by atoms with Gasteiger partial charge in [-0.25, -0.2) is 0 Å². The van der Waals surface area contributed by atoms with Gasteiger partial charge in [-0.05, 0) is 25.7 Å². The highest BCUT2D eigenvalue weighted by atomic mass is 16.5. The molecule has 5 heteroatoms. The molecule has 0 saturated carbocycles. The Balaban J connectivity index is 2.39. The topological polar surface area (TPSA) is 67.8 Å². The predicted octanol–water partition coefficient (Wildman–Crippen LogP) is 0.492. The first-order valence-corrected chi connectivity index (χ1v) is 5.63. The Kier molecular flexibility index (Phi) is 5.18. The molecule has 1 aliphatic rings. The molecule has 0 aromatic carbocycles. The van der Waals surface area contributed by atoms with Gasteiger partial charge in [0.05, 0.1) is 6.61 Å². The number of nitrogens with one attached hydrogen (secondary N) is 1. The first-order valence-electron chi connectivity index (χ1n) is 5.63. The quantitative estimate of drug-likeness (QED) is 0.667. The fourth-order valence-corrected chi connectivity index (χ4v) is 1.69. The minimum absolute atomic E-state index is 0.432. The third kappa shape index (κ3) is 3.73. The van der Waals surface area contributed by atoms with Gasteiger partial charge in [-0.1, -0.05) is 0 Å². The van der Waals surface area contributed by atoms with Gasteiger partial charge < -0.3 is 19.9 Å². The summed E-state index contributed by atoms with van der Waals surface area (Å²) in [7, 11) is 1.58. The van der Waals surface area contributed by atoms with Crippen molar-refractivity contribution in [3.05, 3.63) is 0 Å². The van der Waals surface area contributed by atoms with Crippen LogP contribution in [0.25, 0.3) is 0 Å². The highest BCUT2D eigenvalue weighted by Gasteiger charge is 2.33. The van der Waals surface area contributed by atoms with E-state index in [0.29, 0.717) is 25.5 Å². The van der Waals surface area contributed by atoms with Gasteiger partial charge in [-0.3, -0.25) is 4.79 Å². The molecule has 2 unspecified atom stereocenters. The largest absolute Gasteiger partial charge is 0.480 e. The van der Waals surface area contributed by atoms with Crippen LogP contribution >= 0.6 is 0 Å². The summed E-state index contributed by atoms with van der Waals surface area (Å²) in [6.45, 7) is 4.34. The number of carboxylic acids is 1. The molecule has 1 fully saturated rings. The SMILES string of the molecule is COCCC(C)(NCC1CCOC1)C(=O)O. The standard InChI is InChI=1S/C11H21NO4/c1-11(10(13)14,4-6-15-2)12-7-9-3-5-16-8-9/h9,12H,3-8H2,1-2H3,(H,13,14). The third-order valence-corrected chi connectivity index (χ3v) is 3.08. The van der Waals surface area contributed by atoms with E-state index in [2.05, 4.69) is 5.32 Å². The van der Waals surface area contributed by atoms with Gasteiger partial charge in [0.1, 0.15) is 5.54 Å². The molecule has 2 N–H and O–H groups in total. The molecule has 0 radical (unpaired) electrons. The van der Waals surface area contributed by atoms with Crippen molar-refractivity contribution < 1.29 is 19.4 Å². The Labute approximate surface area is 96.1 Å². The van der Waals surface area contributed by atoms with E-state index in [1.165, 1.54) is 0 Å². The van der Waals surface area contributed by atoms with Crippen LogP contribution < -0.4 is 5.32 Å². The van der Waals surface area contributed by atoms with Crippen LogP contribution in [0, 0.1) is 5.92 Å². The lowest BCUT2D eigenvalue weighted by atomic mass is 9.97. The smallest absolute Gasteiger partial charge is 0.323 e. The number of hydrogen-bond acceptors (Lipinski definition) is 4. The van der Waals surface area contributed by atoms with Gasteiger partial charge in [0, 0.05) is 26.9 Å². The lowest BCUT2D eigenvalue weighted by Gasteiger charge is -2.27. The normalized spacial score (nSPS) is 24.2. The minimum Gasteiger partial charge on any atom is -0.480 e. The number of carboxylic acid groups (broad SMARTS) is 1. The van der Waals surface area contributed by atoms with E-state index >= 15 is 0 Å². The monoisotopic (exact) mass is 231 g/mol. The summed E-state index contributed by atoms with van der Waals surface area (Å²) in [6.07, 6.45) is 1.47. The first-order chi connectivity index (χ1) is 7.58. The van der Waals surface area contributed by atoms with Crippen molar-refractivity contribution >= 4 is 5.97 Å². The predicted molar refractivity (Wildman–Crippen MR) is 59.5 cm³/mol. The van der Waals surface area contributed by atoms with E-state index in [9.17, 15) is 9.90 Å². The second-order valence-electron chi connectivity index (χ2n) is 4.49. The molecule has 1 aliphatic heterocycles. The van der Waals surface area contributed by atoms with E-state index in [1.807, 2.05) is 0 Å². The zero-order valence-electron chi connectivity index (χ0n) is 9.99. The summed E-state index contributed by atoms with van der Waals surface area (Å²) in [5.41, 5.74) is -0.904. The average molecular weight is 231 g/mol. The van der Waals surface area contributed by atoms with Crippen LogP contribution in [0.1, 0.15) is 19.8 Å². The molecule has 0 bridgehead atoms. The van der Waals surface area contributed by atoms with Crippen LogP contribution in [0.5, 0.6) is 0 Å². The fraction of sp³-hybridized carbons (Fsp3) is 0.909. The van der Waals surface area contributed by atoms with E-state index in [4.69, 9.17) is 9.47 Å². The van der Waals surface area contributed by atoms with Crippen molar-refractivity contribution in [2.75, 3.05) is 33.5 Å². The van der Waals surface area contributed by atoms with E-state index in [1.54, 1.807) is 14.0 Å². The van der Waals surface area contributed by atoms with Crippen molar-refractivity contribution in [3.63, 3.8) is 0 Å². The zero-order chi connectivity index (χ0) is 12.0. The molecule has 1 rings (SSSR count). The Bertz CT molecular complexity index is 228. The summed E-state index contributed by atoms with van der Waals surface area (Å²) in [5, 5.41) is 12.3. The molecular formula is C11H21NO4. The van der Waals surface area contributed by atoms with Crippen LogP contribution in [0.3, 0.4) is 0 Å². The number of hydrogen-bond donors (Lipinski definition) is 2. The Morgan fingerprint density at radius 2 is 2.44 bits per heavy atom. The highest BCUT2D eigenvalue weighted by Crippen LogP contribution is 2.15. The van der Waals surface area contributed by atoms with Gasteiger partial charge in [-0.15, -0.1) is 0 Å². The Morgan fingerprint density at radius 3 is 2.94 bits per heavy atom. The first kappa shape index (κ1) is 13.4. The van der Waals surface area contributed by atoms with Crippen molar-refractivity contribution in [2.24, 2.45) is 5.92 Å². The Morgan fingerprint density at radius 1 is 1.69 bits per heavy atom. The summed E-state index contributed by atoms with van der Waals surface area (Å²) in [4.78, 5) is 11.2. The molecule has 0 spiro atoms. The maximum Gasteiger partial charge on any atom is 0.323 e. The molecule has 16 heavy (non-hydrogen) atoms. The molecule has 0 aromatic rings. The van der Waals surface area contributed by atoms with Gasteiger partial charge in [0.2, 0.25) is 0 Å². The van der Waals surface area contributed by atoms with Crippen LogP contribution in [0.4, 0.5) is 0 Å². The fourth-order valence-electron chi connectivity index (χ4n) is 1.69. The molecule has 5 nitrogen and oxygen atoms in total. The molecule has 1 heterocycles. The lowest BCUT2D eigenvalue weighted by molar-refractivity contribution is -0.145. The van der Waals surface area contributed by atoms with E-state index in [0.717, 1.165) is 19.6 Å². The van der Waals surface area contributed by atoms with E-state index < -0.39 is 11.5 Å². The van der Waals surface area contributed by atoms with Crippen molar-refractivity contribution in [1.82, 2.24) is 5.32 Å². The summed E-state index contributed by atoms with van der Waals surface area (Å²) < 4.78 is 10.2. The van der Waals surface area contributed by atoms with Gasteiger partial charge in [0.15, 0.2) is 0 Å². The Hall–Kier alpha value is -0.650. The summed E-state index contributed by atoms with van der Waals surface area (Å²) in [5.74, 6) is -0.398. The molecular weight excluding hydrogens is 210 g/mol. The molecule has 94 valence electrons. The molecule has 0 amide bonds. The number of aliphatic carboxylic acids is 1. The van der Waals surface area contributed by atoms with Crippen molar-refractivity contribution in [2.45, 2.75) is 25.3 Å². The minimum atomic E-state index is -0.904. The second-order valence-corrected chi connectivity index (χ2v) is 4.49. The van der Waals surface area contributed by atoms with Crippen LogP contribution in [-0.2, 0) is 14.3 Å². The van der Waals surface area contributed by atoms with Crippen molar-refractivity contribution in [1.29, 1.82) is 0 Å². The molecule has 0 aromatic heterocycles. The van der Waals surface area contributed by atoms with Crippen LogP contribution in [-0.4, -0.2) is 50.1 Å². The number of ether oxygens (including phenoxy) is 2. The number of carbonyl (C=O) groups is 1. The van der Waals surface area contributed by atoms with Crippen LogP contribution in [0.2, 0.25) is 0 Å². The third-order valence-electron chi connectivity index (χ3n) is 3.08. The molecule has 2 atom stereocenters. The lowest BCUT2D eigenvalue weighted by Crippen LogP contribution is -2.51. The summed E-state index contributed by atoms with van der Waals surface area (Å²) in [6, 6.07) is 0. The second kappa shape index (κ2) is 6.18. The van der Waals surface area contributed by atoms with E-state index in [-0.39, 0.29) is 0 Å². The van der Waals surface area contributed by atoms with Crippen molar-refractivity contribution in [3.8, 4) is 0 Å². The van der Waals surface area contributed by atoms with Gasteiger partial charge in [-0.2, -0.15) is 0 Å². The molecule has 1 saturated heterocycles. The maximum absolute atomic E-state index is 11.2. The van der Waals surface area contributed by atoms with Gasteiger partial charge >= 0.3 is 5.97 Å². The zero-order valence-corrected chi connectivity index (χ0v) is 9.99. The number of rotatable bonds is 7. The average Bonchev–Trinajstić information content (AvgIpc) is 2.76. The number of methoxy groups -OCH3 is 1. The van der Waals surface area contributed by atoms with Gasteiger partial charge in [0.25, 0.3) is 0 Å². The maximum atomic E-state index is 11.2. The summed E-state index contributed by atoms with van der Waals surface area (Å²) >= 11 is 0. The van der Waals surface area contributed by atoms with Crippen LogP contribution in [0.15, 0.2) is 0 Å². The highest BCUT2D eigenvalue weighted by molar-refractivity contribution is 5.78. The molecule has 0 aliphatic carbocycles.